The fraction of sp³-hybridized carbons (Fsp3) is 0.423. The minimum absolute atomic E-state index is 0.189. The summed E-state index contributed by atoms with van der Waals surface area (Å²) >= 11 is 1.60. The Morgan fingerprint density at radius 2 is 2.08 bits per heavy atom. The van der Waals surface area contributed by atoms with Crippen molar-refractivity contribution < 1.29 is 4.79 Å². The molecule has 2 atom stereocenters. The van der Waals surface area contributed by atoms with Gasteiger partial charge in [0.05, 0.1) is 11.9 Å². The molecule has 0 radical (unpaired) electrons. The molecule has 2 aliphatic rings. The van der Waals surface area contributed by atoms with Gasteiger partial charge in [-0.1, -0.05) is 6.07 Å². The Kier molecular flexibility index (Phi) is 6.71. The van der Waals surface area contributed by atoms with Crippen LogP contribution in [0.25, 0.3) is 10.2 Å². The van der Waals surface area contributed by atoms with Crippen molar-refractivity contribution in [3.63, 3.8) is 0 Å². The average molecular weight is 518 g/mol. The molecule has 0 aliphatic carbocycles. The number of aryl methyl sites for hydroxylation is 1. The summed E-state index contributed by atoms with van der Waals surface area (Å²) < 4.78 is 0. The first kappa shape index (κ1) is 23.8. The molecule has 4 N–H and O–H groups in total. The molecule has 2 saturated heterocycles. The van der Waals surface area contributed by atoms with E-state index in [4.69, 9.17) is 9.97 Å². The molecule has 1 amide bonds. The lowest BCUT2D eigenvalue weighted by Gasteiger charge is -2.49. The van der Waals surface area contributed by atoms with Crippen molar-refractivity contribution in [2.45, 2.75) is 63.7 Å². The lowest BCUT2D eigenvalue weighted by atomic mass is 9.81. The van der Waals surface area contributed by atoms with Crippen LogP contribution in [0.3, 0.4) is 0 Å². The van der Waals surface area contributed by atoms with E-state index in [1.807, 2.05) is 42.8 Å². The minimum Gasteiger partial charge on any atom is -0.351 e. The van der Waals surface area contributed by atoms with E-state index in [0.717, 1.165) is 58.8 Å². The molecule has 4 aromatic rings. The first-order chi connectivity index (χ1) is 18.1. The summed E-state index contributed by atoms with van der Waals surface area (Å²) in [7, 11) is 0. The zero-order valence-corrected chi connectivity index (χ0v) is 21.6. The highest BCUT2D eigenvalue weighted by Gasteiger charge is 2.40. The zero-order chi connectivity index (χ0) is 25.2. The third-order valence-corrected chi connectivity index (χ3v) is 8.01. The molecule has 0 saturated carbocycles. The van der Waals surface area contributed by atoms with Gasteiger partial charge in [-0.3, -0.25) is 14.9 Å². The number of aromatic nitrogens is 5. The van der Waals surface area contributed by atoms with Gasteiger partial charge in [-0.05, 0) is 62.1 Å². The highest BCUT2D eigenvalue weighted by molar-refractivity contribution is 7.16. The second-order valence-electron chi connectivity index (χ2n) is 9.91. The van der Waals surface area contributed by atoms with E-state index < -0.39 is 0 Å². The van der Waals surface area contributed by atoms with Crippen LogP contribution in [0.4, 0.5) is 17.6 Å². The van der Waals surface area contributed by atoms with Gasteiger partial charge in [-0.2, -0.15) is 10.1 Å². The summed E-state index contributed by atoms with van der Waals surface area (Å²) in [6.07, 6.45) is 8.64. The summed E-state index contributed by atoms with van der Waals surface area (Å²) in [5, 5.41) is 20.5. The molecule has 0 spiro atoms. The van der Waals surface area contributed by atoms with Gasteiger partial charge in [0.15, 0.2) is 5.82 Å². The quantitative estimate of drug-likeness (QED) is 0.277. The number of hydrogen-bond donors (Lipinski definition) is 4. The standard InChI is InChI=1S/C26H31N9OS/c1-16-10-22(34-33-16)30-24-21-7-9-37-25(21)32-26(31-24)29-18-11-19-5-2-6-20(12-18)35(19)23(36)15-28-14-17-4-3-8-27-13-17/h3-4,7-10,13,18-20,28H,2,5-6,11-12,14-15H2,1H3,(H3,29,30,31,32,33,34). The molecule has 37 heavy (non-hydrogen) atoms. The lowest BCUT2D eigenvalue weighted by molar-refractivity contribution is -0.139. The zero-order valence-electron chi connectivity index (χ0n) is 20.8. The fourth-order valence-corrected chi connectivity index (χ4v) is 6.38. The van der Waals surface area contributed by atoms with Crippen LogP contribution in [0.15, 0.2) is 42.0 Å². The number of pyridine rings is 1. The van der Waals surface area contributed by atoms with Crippen molar-refractivity contribution in [3.8, 4) is 0 Å². The van der Waals surface area contributed by atoms with Gasteiger partial charge < -0.3 is 20.9 Å². The first-order valence-electron chi connectivity index (χ1n) is 12.8. The number of hydrogen-bond acceptors (Lipinski definition) is 9. The van der Waals surface area contributed by atoms with Crippen LogP contribution in [0.5, 0.6) is 0 Å². The van der Waals surface area contributed by atoms with E-state index in [2.05, 4.69) is 36.0 Å². The second-order valence-corrected chi connectivity index (χ2v) is 10.8. The van der Waals surface area contributed by atoms with Gasteiger partial charge in [0.25, 0.3) is 0 Å². The number of nitrogens with one attached hydrogen (secondary N) is 4. The van der Waals surface area contributed by atoms with Crippen LogP contribution >= 0.6 is 11.3 Å². The number of rotatable bonds is 8. The van der Waals surface area contributed by atoms with Gasteiger partial charge in [-0.25, -0.2) is 4.98 Å². The van der Waals surface area contributed by atoms with Gasteiger partial charge in [-0.15, -0.1) is 11.3 Å². The third kappa shape index (κ3) is 5.28. The van der Waals surface area contributed by atoms with E-state index >= 15 is 0 Å². The van der Waals surface area contributed by atoms with Gasteiger partial charge in [0.1, 0.15) is 10.6 Å². The summed E-state index contributed by atoms with van der Waals surface area (Å²) in [4.78, 5) is 30.0. The molecule has 0 aromatic carbocycles. The highest BCUT2D eigenvalue weighted by atomic mass is 32.1. The van der Waals surface area contributed by atoms with E-state index in [0.29, 0.717) is 19.0 Å². The summed E-state index contributed by atoms with van der Waals surface area (Å²) in [6, 6.07) is 8.62. The Labute approximate surface area is 219 Å². The maximum absolute atomic E-state index is 13.2. The van der Waals surface area contributed by atoms with E-state index in [1.165, 1.54) is 6.42 Å². The highest BCUT2D eigenvalue weighted by Crippen LogP contribution is 2.36. The van der Waals surface area contributed by atoms with Crippen molar-refractivity contribution >= 4 is 45.0 Å². The second kappa shape index (κ2) is 10.4. The first-order valence-corrected chi connectivity index (χ1v) is 13.7. The SMILES string of the molecule is Cc1cc(Nc2nc(NC3CC4CCCC(C3)N4C(=O)CNCc3cccnc3)nc3sccc23)n[nH]1. The smallest absolute Gasteiger partial charge is 0.237 e. The van der Waals surface area contributed by atoms with Crippen LogP contribution < -0.4 is 16.0 Å². The number of amides is 1. The molecule has 6 rings (SSSR count). The molecule has 6 heterocycles. The number of nitrogens with zero attached hydrogens (tertiary/aromatic N) is 5. The summed E-state index contributed by atoms with van der Waals surface area (Å²) in [6.45, 7) is 2.96. The largest absolute Gasteiger partial charge is 0.351 e. The Bertz CT molecular complexity index is 1360. The molecule has 11 heteroatoms. The summed E-state index contributed by atoms with van der Waals surface area (Å²) in [5.41, 5.74) is 2.06. The molecule has 2 bridgehead atoms. The number of anilines is 3. The Morgan fingerprint density at radius 3 is 2.84 bits per heavy atom. The van der Waals surface area contributed by atoms with E-state index in [-0.39, 0.29) is 24.0 Å². The van der Waals surface area contributed by atoms with E-state index in [9.17, 15) is 4.79 Å². The topological polar surface area (TPSA) is 124 Å². The van der Waals surface area contributed by atoms with Crippen LogP contribution in [0, 0.1) is 6.92 Å². The van der Waals surface area contributed by atoms with Crippen LogP contribution in [0.1, 0.15) is 43.4 Å². The summed E-state index contributed by atoms with van der Waals surface area (Å²) in [5.74, 6) is 2.28. The Balaban J connectivity index is 1.12. The van der Waals surface area contributed by atoms with Crippen LogP contribution in [-0.2, 0) is 11.3 Å². The fourth-order valence-electron chi connectivity index (χ4n) is 5.62. The lowest BCUT2D eigenvalue weighted by Crippen LogP contribution is -2.58. The predicted octanol–water partition coefficient (Wildman–Crippen LogP) is 3.98. The third-order valence-electron chi connectivity index (χ3n) is 7.20. The van der Waals surface area contributed by atoms with E-state index in [1.54, 1.807) is 17.5 Å². The maximum atomic E-state index is 13.2. The van der Waals surface area contributed by atoms with Crippen LogP contribution in [0.2, 0.25) is 0 Å². The van der Waals surface area contributed by atoms with Crippen molar-refractivity contribution in [2.75, 3.05) is 17.2 Å². The monoisotopic (exact) mass is 517 g/mol. The van der Waals surface area contributed by atoms with Gasteiger partial charge >= 0.3 is 0 Å². The molecular formula is C26H31N9OS. The number of fused-ring (bicyclic) bond motifs is 3. The molecule has 2 unspecified atom stereocenters. The molecule has 2 fully saturated rings. The average Bonchev–Trinajstić information content (AvgIpc) is 3.53. The van der Waals surface area contributed by atoms with Crippen LogP contribution in [-0.4, -0.2) is 60.6 Å². The molecular weight excluding hydrogens is 486 g/mol. The number of H-pyrrole nitrogens is 1. The minimum atomic E-state index is 0.189. The van der Waals surface area contributed by atoms with Crippen molar-refractivity contribution in [1.82, 2.24) is 35.4 Å². The Morgan fingerprint density at radius 1 is 1.22 bits per heavy atom. The van der Waals surface area contributed by atoms with Crippen molar-refractivity contribution in [1.29, 1.82) is 0 Å². The molecule has 192 valence electrons. The van der Waals surface area contributed by atoms with Gasteiger partial charge in [0.2, 0.25) is 11.9 Å². The Hall–Kier alpha value is -3.57. The molecule has 10 nitrogen and oxygen atoms in total. The normalized spacial score (nSPS) is 21.2. The maximum Gasteiger partial charge on any atom is 0.237 e. The molecule has 2 aliphatic heterocycles. The number of carbonyl (C=O) groups is 1. The molecule has 4 aromatic heterocycles. The predicted molar refractivity (Wildman–Crippen MR) is 145 cm³/mol. The number of thiophene rings is 1. The number of piperidine rings is 2. The van der Waals surface area contributed by atoms with Crippen molar-refractivity contribution in [2.24, 2.45) is 0 Å². The number of carbonyl (C=O) groups excluding carboxylic acids is 1. The van der Waals surface area contributed by atoms with Gasteiger partial charge in [0, 0.05) is 48.8 Å². The number of aromatic amines is 1. The van der Waals surface area contributed by atoms with Crippen molar-refractivity contribution in [3.05, 3.63) is 53.3 Å².